The third-order valence-electron chi connectivity index (χ3n) is 4.68. The summed E-state index contributed by atoms with van der Waals surface area (Å²) >= 11 is 0. The van der Waals surface area contributed by atoms with E-state index in [1.807, 2.05) is 24.1 Å². The van der Waals surface area contributed by atoms with Crippen LogP contribution in [0.2, 0.25) is 0 Å². The molecule has 0 spiro atoms. The van der Waals surface area contributed by atoms with Crippen molar-refractivity contribution in [3.05, 3.63) is 35.5 Å². The largest absolute Gasteiger partial charge is 0.351 e. The molecule has 1 aliphatic rings. The van der Waals surface area contributed by atoms with Crippen LogP contribution in [-0.4, -0.2) is 56.8 Å². The van der Waals surface area contributed by atoms with Crippen LogP contribution in [0.1, 0.15) is 48.3 Å². The summed E-state index contributed by atoms with van der Waals surface area (Å²) in [5, 5.41) is 8.28. The second-order valence-corrected chi connectivity index (χ2v) is 6.25. The first-order valence-corrected chi connectivity index (χ1v) is 8.59. The maximum Gasteiger partial charge on any atom is 0.292 e. The zero-order valence-electron chi connectivity index (χ0n) is 14.6. The lowest BCUT2D eigenvalue weighted by Crippen LogP contribution is -2.42. The van der Waals surface area contributed by atoms with E-state index in [4.69, 9.17) is 4.52 Å². The molecule has 3 heterocycles. The molecule has 0 bridgehead atoms. The van der Waals surface area contributed by atoms with E-state index >= 15 is 0 Å². The number of aromatic nitrogens is 3. The first-order valence-electron chi connectivity index (χ1n) is 8.59. The highest BCUT2D eigenvalue weighted by Crippen LogP contribution is 2.24. The molecule has 1 aliphatic heterocycles. The van der Waals surface area contributed by atoms with Crippen LogP contribution in [0, 0.1) is 6.92 Å². The highest BCUT2D eigenvalue weighted by atomic mass is 16.5. The highest BCUT2D eigenvalue weighted by molar-refractivity contribution is 5.91. The van der Waals surface area contributed by atoms with E-state index in [2.05, 4.69) is 33.7 Å². The predicted molar refractivity (Wildman–Crippen MR) is 89.6 cm³/mol. The quantitative estimate of drug-likeness (QED) is 0.811. The van der Waals surface area contributed by atoms with E-state index in [-0.39, 0.29) is 11.9 Å². The van der Waals surface area contributed by atoms with Gasteiger partial charge in [-0.05, 0) is 32.5 Å². The molecule has 0 N–H and O–H groups in total. The van der Waals surface area contributed by atoms with Gasteiger partial charge in [-0.2, -0.15) is 5.10 Å². The third-order valence-corrected chi connectivity index (χ3v) is 4.68. The zero-order valence-corrected chi connectivity index (χ0v) is 14.6. The molecule has 2 aromatic heterocycles. The fourth-order valence-corrected chi connectivity index (χ4v) is 3.25. The van der Waals surface area contributed by atoms with Gasteiger partial charge in [-0.15, -0.1) is 0 Å². The molecular weight excluding hydrogens is 306 g/mol. The van der Waals surface area contributed by atoms with E-state index in [0.29, 0.717) is 18.8 Å². The molecule has 7 heteroatoms. The van der Waals surface area contributed by atoms with Crippen molar-refractivity contribution in [2.75, 3.05) is 26.2 Å². The predicted octanol–water partition coefficient (Wildman–Crippen LogP) is 2.11. The molecule has 1 amide bonds. The van der Waals surface area contributed by atoms with E-state index in [1.54, 1.807) is 6.07 Å². The Labute approximate surface area is 142 Å². The Kier molecular flexibility index (Phi) is 4.99. The Morgan fingerprint density at radius 1 is 1.42 bits per heavy atom. The second-order valence-electron chi connectivity index (χ2n) is 6.25. The van der Waals surface area contributed by atoms with Gasteiger partial charge in [0.15, 0.2) is 0 Å². The summed E-state index contributed by atoms with van der Waals surface area (Å²) in [5.74, 6) is 0.207. The summed E-state index contributed by atoms with van der Waals surface area (Å²) in [6, 6.07) is 3.87. The van der Waals surface area contributed by atoms with Crippen molar-refractivity contribution in [1.29, 1.82) is 0 Å². The van der Waals surface area contributed by atoms with E-state index in [1.165, 1.54) is 0 Å². The summed E-state index contributed by atoms with van der Waals surface area (Å²) in [4.78, 5) is 16.9. The minimum atomic E-state index is -0.101. The molecule has 7 nitrogen and oxygen atoms in total. The summed E-state index contributed by atoms with van der Waals surface area (Å²) in [6.07, 6.45) is 2.78. The van der Waals surface area contributed by atoms with Gasteiger partial charge in [0.25, 0.3) is 5.91 Å². The maximum atomic E-state index is 12.7. The standard InChI is InChI=1S/C17H25N5O2/c1-4-20(5-2)9-7-15-12-21(11-14-6-8-18-22(14)15)17(23)16-10-13(3)19-24-16/h6,8,10,15H,4-5,7,9,11-12H2,1-3H3. The first-order chi connectivity index (χ1) is 11.6. The number of rotatable bonds is 6. The van der Waals surface area contributed by atoms with Crippen LogP contribution in [0.15, 0.2) is 22.9 Å². The number of fused-ring (bicyclic) bond motifs is 1. The molecule has 130 valence electrons. The number of nitrogens with zero attached hydrogens (tertiary/aromatic N) is 5. The third kappa shape index (κ3) is 3.36. The number of aryl methyl sites for hydroxylation is 1. The van der Waals surface area contributed by atoms with Crippen molar-refractivity contribution < 1.29 is 9.32 Å². The maximum absolute atomic E-state index is 12.7. The van der Waals surface area contributed by atoms with Gasteiger partial charge in [-0.1, -0.05) is 19.0 Å². The van der Waals surface area contributed by atoms with Gasteiger partial charge in [0.05, 0.1) is 24.0 Å². The van der Waals surface area contributed by atoms with Crippen molar-refractivity contribution in [2.24, 2.45) is 0 Å². The minimum absolute atomic E-state index is 0.101. The molecule has 0 fully saturated rings. The van der Waals surface area contributed by atoms with E-state index < -0.39 is 0 Å². The van der Waals surface area contributed by atoms with Crippen LogP contribution in [0.3, 0.4) is 0 Å². The molecule has 24 heavy (non-hydrogen) atoms. The molecule has 1 unspecified atom stereocenters. The number of carbonyl (C=O) groups excluding carboxylic acids is 1. The molecule has 0 aliphatic carbocycles. The Morgan fingerprint density at radius 2 is 2.21 bits per heavy atom. The summed E-state index contributed by atoms with van der Waals surface area (Å²) in [5.41, 5.74) is 1.79. The van der Waals surface area contributed by atoms with Crippen molar-refractivity contribution >= 4 is 5.91 Å². The summed E-state index contributed by atoms with van der Waals surface area (Å²) in [7, 11) is 0. The molecule has 0 radical (unpaired) electrons. The average molecular weight is 331 g/mol. The molecule has 0 saturated heterocycles. The monoisotopic (exact) mass is 331 g/mol. The van der Waals surface area contributed by atoms with Crippen molar-refractivity contribution in [1.82, 2.24) is 24.7 Å². The van der Waals surface area contributed by atoms with Gasteiger partial charge in [-0.25, -0.2) is 0 Å². The Bertz CT molecular complexity index is 689. The fraction of sp³-hybridized carbons (Fsp3) is 0.588. The Balaban J connectivity index is 1.74. The van der Waals surface area contributed by atoms with Crippen LogP contribution in [0.5, 0.6) is 0 Å². The Morgan fingerprint density at radius 3 is 2.88 bits per heavy atom. The van der Waals surface area contributed by atoms with Crippen molar-refractivity contribution in [3.63, 3.8) is 0 Å². The fourth-order valence-electron chi connectivity index (χ4n) is 3.25. The number of hydrogen-bond donors (Lipinski definition) is 0. The lowest BCUT2D eigenvalue weighted by Gasteiger charge is -2.34. The van der Waals surface area contributed by atoms with Crippen LogP contribution >= 0.6 is 0 Å². The van der Waals surface area contributed by atoms with Crippen LogP contribution in [0.25, 0.3) is 0 Å². The topological polar surface area (TPSA) is 67.4 Å². The van der Waals surface area contributed by atoms with Crippen molar-refractivity contribution in [3.8, 4) is 0 Å². The Hall–Kier alpha value is -2.15. The van der Waals surface area contributed by atoms with Gasteiger partial charge in [0, 0.05) is 25.4 Å². The minimum Gasteiger partial charge on any atom is -0.351 e. The van der Waals surface area contributed by atoms with Crippen molar-refractivity contribution in [2.45, 2.75) is 39.8 Å². The molecule has 1 atom stereocenters. The molecule has 0 aromatic carbocycles. The van der Waals surface area contributed by atoms with Gasteiger partial charge in [-0.3, -0.25) is 9.48 Å². The van der Waals surface area contributed by atoms with E-state index in [9.17, 15) is 4.79 Å². The highest BCUT2D eigenvalue weighted by Gasteiger charge is 2.30. The lowest BCUT2D eigenvalue weighted by atomic mass is 10.1. The SMILES string of the molecule is CCN(CC)CCC1CN(C(=O)c2cc(C)no2)Cc2ccnn21. The molecule has 3 rings (SSSR count). The number of hydrogen-bond acceptors (Lipinski definition) is 5. The second kappa shape index (κ2) is 7.17. The van der Waals surface area contributed by atoms with Crippen LogP contribution < -0.4 is 0 Å². The molecule has 0 saturated carbocycles. The lowest BCUT2D eigenvalue weighted by molar-refractivity contribution is 0.0615. The van der Waals surface area contributed by atoms with Gasteiger partial charge in [0.2, 0.25) is 5.76 Å². The summed E-state index contributed by atoms with van der Waals surface area (Å²) < 4.78 is 7.21. The van der Waals surface area contributed by atoms with Gasteiger partial charge in [0.1, 0.15) is 0 Å². The van der Waals surface area contributed by atoms with Gasteiger partial charge >= 0.3 is 0 Å². The molecular formula is C17H25N5O2. The van der Waals surface area contributed by atoms with E-state index in [0.717, 1.165) is 37.4 Å². The van der Waals surface area contributed by atoms with Crippen LogP contribution in [-0.2, 0) is 6.54 Å². The molecule has 2 aromatic rings. The normalized spacial score (nSPS) is 17.3. The average Bonchev–Trinajstić information content (AvgIpc) is 3.23. The van der Waals surface area contributed by atoms with Gasteiger partial charge < -0.3 is 14.3 Å². The smallest absolute Gasteiger partial charge is 0.292 e. The number of carbonyl (C=O) groups is 1. The first kappa shape index (κ1) is 16.7. The summed E-state index contributed by atoms with van der Waals surface area (Å²) in [6.45, 7) is 10.4. The number of amides is 1. The zero-order chi connectivity index (χ0) is 17.1. The van der Waals surface area contributed by atoms with Crippen LogP contribution in [0.4, 0.5) is 0 Å².